The van der Waals surface area contributed by atoms with Crippen molar-refractivity contribution in [2.75, 3.05) is 0 Å². The number of amides is 1. The van der Waals surface area contributed by atoms with Gasteiger partial charge < -0.3 is 15.9 Å². The first-order valence-electron chi connectivity index (χ1n) is 4.01. The lowest BCUT2D eigenvalue weighted by Crippen LogP contribution is -2.05. The fraction of sp³-hybridized carbons (Fsp3) is 0.100. The van der Waals surface area contributed by atoms with E-state index in [4.69, 9.17) is 5.73 Å². The summed E-state index contributed by atoms with van der Waals surface area (Å²) in [5.41, 5.74) is 5.81. The van der Waals surface area contributed by atoms with Gasteiger partial charge in [-0.1, -0.05) is 0 Å². The average molecular weight is 193 g/mol. The molecule has 4 nitrogen and oxygen atoms in total. The lowest BCUT2D eigenvalue weighted by Gasteiger charge is -2.03. The van der Waals surface area contributed by atoms with Crippen LogP contribution in [0.1, 0.15) is 11.1 Å². The van der Waals surface area contributed by atoms with Gasteiger partial charge in [-0.15, -0.1) is 0 Å². The first kappa shape index (κ1) is 10.1. The van der Waals surface area contributed by atoms with Gasteiger partial charge in [-0.05, 0) is 30.7 Å². The molecule has 0 atom stereocenters. The molecule has 0 radical (unpaired) electrons. The summed E-state index contributed by atoms with van der Waals surface area (Å²) in [6.45, 7) is 1.66. The van der Waals surface area contributed by atoms with Gasteiger partial charge >= 0.3 is 0 Å². The van der Waals surface area contributed by atoms with E-state index in [0.717, 1.165) is 6.08 Å². The Morgan fingerprint density at radius 2 is 2.00 bits per heavy atom. The fourth-order valence-electron chi connectivity index (χ4n) is 1.00. The van der Waals surface area contributed by atoms with E-state index in [1.807, 2.05) is 0 Å². The molecule has 4 heteroatoms. The third kappa shape index (κ3) is 2.26. The van der Waals surface area contributed by atoms with Crippen LogP contribution >= 0.6 is 0 Å². The van der Waals surface area contributed by atoms with Crippen LogP contribution in [0, 0.1) is 6.92 Å². The molecule has 0 aliphatic heterocycles. The number of benzene rings is 1. The molecule has 0 fully saturated rings. The molecular weight excluding hydrogens is 182 g/mol. The first-order valence-corrected chi connectivity index (χ1v) is 4.01. The second kappa shape index (κ2) is 3.83. The van der Waals surface area contributed by atoms with Crippen LogP contribution in [0.3, 0.4) is 0 Å². The van der Waals surface area contributed by atoms with Crippen molar-refractivity contribution in [3.8, 4) is 11.5 Å². The Kier molecular flexibility index (Phi) is 2.76. The minimum atomic E-state index is -0.607. The van der Waals surface area contributed by atoms with E-state index in [0.29, 0.717) is 11.1 Å². The number of aryl methyl sites for hydroxylation is 1. The van der Waals surface area contributed by atoms with Crippen LogP contribution < -0.4 is 5.73 Å². The zero-order valence-corrected chi connectivity index (χ0v) is 7.69. The Morgan fingerprint density at radius 3 is 2.57 bits per heavy atom. The zero-order valence-electron chi connectivity index (χ0n) is 7.69. The molecule has 0 aromatic heterocycles. The number of primary amides is 1. The second-order valence-electron chi connectivity index (χ2n) is 2.93. The minimum absolute atomic E-state index is 0.00204. The summed E-state index contributed by atoms with van der Waals surface area (Å²) in [6.07, 6.45) is 2.46. The van der Waals surface area contributed by atoms with Crippen LogP contribution in [0.15, 0.2) is 18.2 Å². The standard InChI is InChI=1S/C10H11NO3/c1-6-4-9(13)7(5-8(6)12)2-3-10(11)14/h2-5,12-13H,1H3,(H2,11,14)/b3-2+. The Labute approximate surface area is 81.3 Å². The molecule has 0 unspecified atom stereocenters. The molecule has 1 aromatic carbocycles. The van der Waals surface area contributed by atoms with Gasteiger partial charge in [0.05, 0.1) is 0 Å². The number of hydrogen-bond donors (Lipinski definition) is 3. The number of nitrogens with two attached hydrogens (primary N) is 1. The van der Waals surface area contributed by atoms with E-state index in [-0.39, 0.29) is 11.5 Å². The number of carbonyl (C=O) groups excluding carboxylic acids is 1. The SMILES string of the molecule is Cc1cc(O)c(/C=C/C(N)=O)cc1O. The summed E-state index contributed by atoms with van der Waals surface area (Å²) in [7, 11) is 0. The Hall–Kier alpha value is -1.97. The normalized spacial score (nSPS) is 10.6. The van der Waals surface area contributed by atoms with Gasteiger partial charge in [-0.2, -0.15) is 0 Å². The van der Waals surface area contributed by atoms with Gasteiger partial charge in [-0.3, -0.25) is 4.79 Å². The van der Waals surface area contributed by atoms with Crippen LogP contribution in [0.25, 0.3) is 6.08 Å². The molecule has 0 aliphatic rings. The topological polar surface area (TPSA) is 83.5 Å². The van der Waals surface area contributed by atoms with Crippen LogP contribution in [-0.4, -0.2) is 16.1 Å². The van der Waals surface area contributed by atoms with Gasteiger partial charge in [-0.25, -0.2) is 0 Å². The summed E-state index contributed by atoms with van der Waals surface area (Å²) in [6, 6.07) is 2.78. The summed E-state index contributed by atoms with van der Waals surface area (Å²) < 4.78 is 0. The maximum atomic E-state index is 10.4. The van der Waals surface area contributed by atoms with Crippen LogP contribution in [0.2, 0.25) is 0 Å². The summed E-state index contributed by atoms with van der Waals surface area (Å²) >= 11 is 0. The molecule has 0 heterocycles. The maximum absolute atomic E-state index is 10.4. The number of hydrogen-bond acceptors (Lipinski definition) is 3. The molecule has 0 bridgehead atoms. The number of phenols is 2. The molecule has 0 spiro atoms. The number of carbonyl (C=O) groups is 1. The van der Waals surface area contributed by atoms with Crippen LogP contribution in [-0.2, 0) is 4.79 Å². The average Bonchev–Trinajstić information content (AvgIpc) is 2.09. The van der Waals surface area contributed by atoms with Crippen molar-refractivity contribution in [2.45, 2.75) is 6.92 Å². The number of aromatic hydroxyl groups is 2. The first-order chi connectivity index (χ1) is 6.50. The van der Waals surface area contributed by atoms with Crippen molar-refractivity contribution in [1.29, 1.82) is 0 Å². The minimum Gasteiger partial charge on any atom is -0.508 e. The third-order valence-corrected chi connectivity index (χ3v) is 1.77. The van der Waals surface area contributed by atoms with E-state index >= 15 is 0 Å². The van der Waals surface area contributed by atoms with Gasteiger partial charge in [0.15, 0.2) is 0 Å². The smallest absolute Gasteiger partial charge is 0.241 e. The van der Waals surface area contributed by atoms with Crippen LogP contribution in [0.5, 0.6) is 11.5 Å². The van der Waals surface area contributed by atoms with Gasteiger partial charge in [0, 0.05) is 11.6 Å². The zero-order chi connectivity index (χ0) is 10.7. The predicted octanol–water partition coefficient (Wildman–Crippen LogP) is 0.905. The summed E-state index contributed by atoms with van der Waals surface area (Å²) in [5.74, 6) is -0.547. The van der Waals surface area contributed by atoms with Crippen molar-refractivity contribution < 1.29 is 15.0 Å². The molecule has 0 saturated heterocycles. The quantitative estimate of drug-likeness (QED) is 0.482. The fourth-order valence-corrected chi connectivity index (χ4v) is 1.00. The van der Waals surface area contributed by atoms with Crippen molar-refractivity contribution in [2.24, 2.45) is 5.73 Å². The Balaban J connectivity index is 3.10. The van der Waals surface area contributed by atoms with Gasteiger partial charge in [0.1, 0.15) is 11.5 Å². The van der Waals surface area contributed by atoms with Gasteiger partial charge in [0.2, 0.25) is 5.91 Å². The summed E-state index contributed by atoms with van der Waals surface area (Å²) in [4.78, 5) is 10.4. The predicted molar refractivity (Wildman–Crippen MR) is 52.7 cm³/mol. The second-order valence-corrected chi connectivity index (χ2v) is 2.93. The molecule has 4 N–H and O–H groups in total. The van der Waals surface area contributed by atoms with E-state index < -0.39 is 5.91 Å². The van der Waals surface area contributed by atoms with Crippen LogP contribution in [0.4, 0.5) is 0 Å². The maximum Gasteiger partial charge on any atom is 0.241 e. The molecule has 74 valence electrons. The van der Waals surface area contributed by atoms with Crippen molar-refractivity contribution in [1.82, 2.24) is 0 Å². The van der Waals surface area contributed by atoms with E-state index in [1.165, 1.54) is 18.2 Å². The highest BCUT2D eigenvalue weighted by Crippen LogP contribution is 2.27. The van der Waals surface area contributed by atoms with Crippen molar-refractivity contribution in [3.05, 3.63) is 29.3 Å². The van der Waals surface area contributed by atoms with E-state index in [1.54, 1.807) is 6.92 Å². The van der Waals surface area contributed by atoms with E-state index in [9.17, 15) is 15.0 Å². The lowest BCUT2D eigenvalue weighted by atomic mass is 10.1. The number of phenolic OH excluding ortho intramolecular Hbond substituents is 2. The Bertz CT molecular complexity index is 397. The molecule has 0 aliphatic carbocycles. The molecule has 1 amide bonds. The molecule has 1 rings (SSSR count). The Morgan fingerprint density at radius 1 is 1.36 bits per heavy atom. The number of rotatable bonds is 2. The van der Waals surface area contributed by atoms with Crippen molar-refractivity contribution >= 4 is 12.0 Å². The molecule has 14 heavy (non-hydrogen) atoms. The molecule has 0 saturated carbocycles. The van der Waals surface area contributed by atoms with Gasteiger partial charge in [0.25, 0.3) is 0 Å². The highest BCUT2D eigenvalue weighted by atomic mass is 16.3. The highest BCUT2D eigenvalue weighted by molar-refractivity contribution is 5.90. The lowest BCUT2D eigenvalue weighted by molar-refractivity contribution is -0.113. The highest BCUT2D eigenvalue weighted by Gasteiger charge is 2.02. The molecular formula is C10H11NO3. The third-order valence-electron chi connectivity index (χ3n) is 1.77. The molecule has 1 aromatic rings. The summed E-state index contributed by atoms with van der Waals surface area (Å²) in [5, 5.41) is 18.7. The van der Waals surface area contributed by atoms with E-state index in [2.05, 4.69) is 0 Å². The monoisotopic (exact) mass is 193 g/mol. The largest absolute Gasteiger partial charge is 0.508 e. The van der Waals surface area contributed by atoms with Crippen molar-refractivity contribution in [3.63, 3.8) is 0 Å².